The molecule has 2 rings (SSSR count). The van der Waals surface area contributed by atoms with E-state index in [4.69, 9.17) is 5.26 Å². The van der Waals surface area contributed by atoms with E-state index < -0.39 is 17.2 Å². The fourth-order valence-electron chi connectivity index (χ4n) is 1.40. The first-order valence-corrected chi connectivity index (χ1v) is 6.42. The molecule has 1 atom stereocenters. The van der Waals surface area contributed by atoms with Crippen LogP contribution >= 0.6 is 24.0 Å². The lowest BCUT2D eigenvalue weighted by Crippen LogP contribution is -2.15. The first-order valence-electron chi connectivity index (χ1n) is 5.09. The third kappa shape index (κ3) is 2.91. The Balaban J connectivity index is 2.50. The predicted molar refractivity (Wildman–Crippen MR) is 67.8 cm³/mol. The highest BCUT2D eigenvalue weighted by Crippen LogP contribution is 2.43. The molecule has 2 heterocycles. The summed E-state index contributed by atoms with van der Waals surface area (Å²) >= 11 is 4.12. The van der Waals surface area contributed by atoms with Crippen molar-refractivity contribution in [2.24, 2.45) is 0 Å². The molecule has 0 aromatic carbocycles. The summed E-state index contributed by atoms with van der Waals surface area (Å²) in [6.07, 6.45) is -2.38. The van der Waals surface area contributed by atoms with Gasteiger partial charge in [0.1, 0.15) is 22.1 Å². The zero-order valence-corrected chi connectivity index (χ0v) is 11.2. The molecule has 0 N–H and O–H groups in total. The van der Waals surface area contributed by atoms with Gasteiger partial charge in [-0.1, -0.05) is 0 Å². The number of nitrogens with zero attached hydrogens (tertiary/aromatic N) is 3. The molecule has 0 saturated heterocycles. The van der Waals surface area contributed by atoms with Crippen LogP contribution in [0.15, 0.2) is 18.5 Å². The number of nitriles is 1. The zero-order valence-electron chi connectivity index (χ0n) is 9.52. The summed E-state index contributed by atoms with van der Waals surface area (Å²) < 4.78 is 51.0. The Labute approximate surface area is 120 Å². The van der Waals surface area contributed by atoms with Crippen molar-refractivity contribution in [2.75, 3.05) is 0 Å². The Bertz CT molecular complexity index is 675. The van der Waals surface area contributed by atoms with Gasteiger partial charge in [0.15, 0.2) is 5.69 Å². The lowest BCUT2D eigenvalue weighted by Gasteiger charge is -2.12. The number of hydrogen-bond acceptors (Lipinski definition) is 5. The Hall–Kier alpha value is -1.66. The molecular formula is C11H5F4N3S2. The molecule has 3 nitrogen and oxygen atoms in total. The van der Waals surface area contributed by atoms with Crippen molar-refractivity contribution in [2.45, 2.75) is 11.4 Å². The zero-order chi connectivity index (χ0) is 14.9. The van der Waals surface area contributed by atoms with Crippen LogP contribution < -0.4 is 0 Å². The lowest BCUT2D eigenvalue weighted by atomic mass is 10.2. The van der Waals surface area contributed by atoms with Crippen LogP contribution in [-0.4, -0.2) is 16.1 Å². The van der Waals surface area contributed by atoms with Gasteiger partial charge in [-0.2, -0.15) is 31.1 Å². The summed E-state index contributed by atoms with van der Waals surface area (Å²) in [5, 5.41) is 6.83. The van der Waals surface area contributed by atoms with Crippen LogP contribution in [0.3, 0.4) is 0 Å². The number of thiazole rings is 1. The van der Waals surface area contributed by atoms with E-state index in [2.05, 4.69) is 22.6 Å². The first-order chi connectivity index (χ1) is 9.32. The van der Waals surface area contributed by atoms with E-state index in [9.17, 15) is 17.6 Å². The van der Waals surface area contributed by atoms with Gasteiger partial charge >= 0.3 is 6.18 Å². The van der Waals surface area contributed by atoms with E-state index in [0.29, 0.717) is 11.3 Å². The molecule has 2 aromatic rings. The minimum atomic E-state index is -4.60. The maximum Gasteiger partial charge on any atom is 0.405 e. The molecule has 0 radical (unpaired) electrons. The number of hydrogen-bond donors (Lipinski definition) is 1. The number of pyridine rings is 1. The average Bonchev–Trinajstić information content (AvgIpc) is 2.80. The third-order valence-corrected chi connectivity index (χ3v) is 4.16. The van der Waals surface area contributed by atoms with Crippen LogP contribution in [-0.2, 0) is 0 Å². The summed E-state index contributed by atoms with van der Waals surface area (Å²) in [6.45, 7) is 0. The highest BCUT2D eigenvalue weighted by Gasteiger charge is 2.41. The summed E-state index contributed by atoms with van der Waals surface area (Å²) in [7, 11) is 0. The molecular weight excluding hydrogens is 314 g/mol. The molecule has 104 valence electrons. The second kappa shape index (κ2) is 5.38. The Morgan fingerprint density at radius 2 is 2.05 bits per heavy atom. The van der Waals surface area contributed by atoms with Gasteiger partial charge in [0, 0.05) is 11.8 Å². The molecule has 0 fully saturated rings. The van der Waals surface area contributed by atoms with Gasteiger partial charge in [0.2, 0.25) is 0 Å². The topological polar surface area (TPSA) is 49.6 Å². The molecule has 2 aromatic heterocycles. The van der Waals surface area contributed by atoms with E-state index >= 15 is 0 Å². The number of rotatable bonds is 2. The summed E-state index contributed by atoms with van der Waals surface area (Å²) in [4.78, 5) is 7.05. The molecule has 0 aliphatic heterocycles. The van der Waals surface area contributed by atoms with E-state index in [1.165, 1.54) is 6.20 Å². The standard InChI is InChI=1S/C11H5F4N3S2/c12-6-1-5(3-17-4-6)10-18-7(2-16)8(20-10)9(19)11(13,14)15/h1,3-4,9,19H. The van der Waals surface area contributed by atoms with Crippen LogP contribution in [0.4, 0.5) is 17.6 Å². The molecule has 20 heavy (non-hydrogen) atoms. The Morgan fingerprint density at radius 3 is 2.60 bits per heavy atom. The predicted octanol–water partition coefficient (Wildman–Crippen LogP) is 3.75. The molecule has 0 saturated carbocycles. The molecule has 0 aliphatic rings. The summed E-state index contributed by atoms with van der Waals surface area (Å²) in [5.74, 6) is -0.643. The number of halogens is 4. The van der Waals surface area contributed by atoms with Crippen molar-refractivity contribution in [1.82, 2.24) is 9.97 Å². The third-order valence-electron chi connectivity index (χ3n) is 2.27. The molecule has 0 amide bonds. The van der Waals surface area contributed by atoms with Crippen molar-refractivity contribution in [3.8, 4) is 16.6 Å². The maximum atomic E-state index is 13.0. The number of thiol groups is 1. The van der Waals surface area contributed by atoms with E-state index in [1.807, 2.05) is 0 Å². The van der Waals surface area contributed by atoms with Gasteiger partial charge in [0.25, 0.3) is 0 Å². The molecule has 9 heteroatoms. The molecule has 0 aliphatic carbocycles. The van der Waals surface area contributed by atoms with Crippen molar-refractivity contribution >= 4 is 24.0 Å². The average molecular weight is 319 g/mol. The first kappa shape index (κ1) is 14.7. The van der Waals surface area contributed by atoms with Gasteiger partial charge in [-0.15, -0.1) is 11.3 Å². The summed E-state index contributed by atoms with van der Waals surface area (Å²) in [5.41, 5.74) is -0.160. The second-order valence-electron chi connectivity index (χ2n) is 3.68. The van der Waals surface area contributed by atoms with Gasteiger partial charge in [-0.3, -0.25) is 4.98 Å². The molecule has 0 spiro atoms. The molecule has 0 bridgehead atoms. The smallest absolute Gasteiger partial charge is 0.261 e. The molecule has 1 unspecified atom stereocenters. The largest absolute Gasteiger partial charge is 0.405 e. The van der Waals surface area contributed by atoms with E-state index in [0.717, 1.165) is 12.3 Å². The Morgan fingerprint density at radius 1 is 1.35 bits per heavy atom. The number of alkyl halides is 3. The van der Waals surface area contributed by atoms with Gasteiger partial charge in [-0.05, 0) is 6.07 Å². The van der Waals surface area contributed by atoms with Crippen LogP contribution in [0.5, 0.6) is 0 Å². The summed E-state index contributed by atoms with van der Waals surface area (Å²) in [6, 6.07) is 2.67. The van der Waals surface area contributed by atoms with Crippen LogP contribution in [0.25, 0.3) is 10.6 Å². The normalized spacial score (nSPS) is 13.0. The number of aromatic nitrogens is 2. The SMILES string of the molecule is N#Cc1nc(-c2cncc(F)c2)sc1C(S)C(F)(F)F. The fourth-order valence-corrected chi connectivity index (χ4v) is 2.69. The van der Waals surface area contributed by atoms with Crippen LogP contribution in [0.2, 0.25) is 0 Å². The fraction of sp³-hybridized carbons (Fsp3) is 0.182. The minimum Gasteiger partial charge on any atom is -0.261 e. The second-order valence-corrected chi connectivity index (χ2v) is 5.23. The minimum absolute atomic E-state index is 0.0897. The van der Waals surface area contributed by atoms with Crippen molar-refractivity contribution in [3.63, 3.8) is 0 Å². The van der Waals surface area contributed by atoms with Gasteiger partial charge in [0.05, 0.1) is 11.1 Å². The van der Waals surface area contributed by atoms with Crippen LogP contribution in [0.1, 0.15) is 15.8 Å². The highest BCUT2D eigenvalue weighted by molar-refractivity contribution is 7.80. The van der Waals surface area contributed by atoms with Gasteiger partial charge in [-0.25, -0.2) is 9.37 Å². The monoisotopic (exact) mass is 319 g/mol. The lowest BCUT2D eigenvalue weighted by molar-refractivity contribution is -0.128. The van der Waals surface area contributed by atoms with E-state index in [-0.39, 0.29) is 21.1 Å². The Kier molecular flexibility index (Phi) is 3.96. The maximum absolute atomic E-state index is 13.0. The quantitative estimate of drug-likeness (QED) is 0.677. The highest BCUT2D eigenvalue weighted by atomic mass is 32.1. The van der Waals surface area contributed by atoms with Crippen molar-refractivity contribution in [1.29, 1.82) is 5.26 Å². The van der Waals surface area contributed by atoms with E-state index in [1.54, 1.807) is 6.07 Å². The van der Waals surface area contributed by atoms with Crippen LogP contribution in [0, 0.1) is 17.1 Å². The van der Waals surface area contributed by atoms with Gasteiger partial charge < -0.3 is 0 Å². The van der Waals surface area contributed by atoms with Crippen molar-refractivity contribution in [3.05, 3.63) is 34.8 Å². The van der Waals surface area contributed by atoms with Crippen molar-refractivity contribution < 1.29 is 17.6 Å².